The fraction of sp³-hybridized carbons (Fsp3) is 0.458. The molecule has 0 radical (unpaired) electrons. The second kappa shape index (κ2) is 10.1. The highest BCUT2D eigenvalue weighted by atomic mass is 32.2. The van der Waals surface area contributed by atoms with Crippen LogP contribution in [0, 0.1) is 18.8 Å². The SMILES string of the molecule is CC(=O)N1CCOc2ccc(S(=O)(=O)NCC3CCC(C(=O)Nc4cc(C)ccn4)CC3)cc21. The second-order valence-electron chi connectivity index (χ2n) is 8.93. The number of pyridine rings is 1. The molecule has 2 aromatic rings. The molecule has 1 fully saturated rings. The van der Waals surface area contributed by atoms with Gasteiger partial charge in [-0.15, -0.1) is 0 Å². The number of benzene rings is 1. The second-order valence-corrected chi connectivity index (χ2v) is 10.7. The van der Waals surface area contributed by atoms with Crippen molar-refractivity contribution in [2.75, 3.05) is 29.9 Å². The molecule has 9 nitrogen and oxygen atoms in total. The minimum absolute atomic E-state index is 0.0385. The minimum atomic E-state index is -3.75. The predicted octanol–water partition coefficient (Wildman–Crippen LogP) is 2.86. The van der Waals surface area contributed by atoms with Crippen LogP contribution in [0.25, 0.3) is 0 Å². The fourth-order valence-electron chi connectivity index (χ4n) is 4.46. The monoisotopic (exact) mass is 486 g/mol. The summed E-state index contributed by atoms with van der Waals surface area (Å²) in [5.41, 5.74) is 1.50. The summed E-state index contributed by atoms with van der Waals surface area (Å²) in [4.78, 5) is 30.3. The molecular formula is C24H30N4O5S. The number of hydrogen-bond donors (Lipinski definition) is 2. The maximum Gasteiger partial charge on any atom is 0.240 e. The first kappa shape index (κ1) is 24.2. The van der Waals surface area contributed by atoms with Crippen LogP contribution in [0.2, 0.25) is 0 Å². The Bertz CT molecular complexity index is 1180. The van der Waals surface area contributed by atoms with E-state index in [0.29, 0.717) is 49.8 Å². The molecule has 10 heteroatoms. The molecule has 0 unspecified atom stereocenters. The average Bonchev–Trinajstić information content (AvgIpc) is 2.82. The number of anilines is 2. The molecule has 1 aliphatic carbocycles. The van der Waals surface area contributed by atoms with Gasteiger partial charge in [0.1, 0.15) is 18.2 Å². The van der Waals surface area contributed by atoms with Gasteiger partial charge in [0.15, 0.2) is 0 Å². The summed E-state index contributed by atoms with van der Waals surface area (Å²) in [7, 11) is -3.75. The molecule has 2 amide bonds. The van der Waals surface area contributed by atoms with Crippen LogP contribution < -0.4 is 19.7 Å². The lowest BCUT2D eigenvalue weighted by Crippen LogP contribution is -2.37. The minimum Gasteiger partial charge on any atom is -0.490 e. The quantitative estimate of drug-likeness (QED) is 0.648. The fourth-order valence-corrected chi connectivity index (χ4v) is 5.60. The van der Waals surface area contributed by atoms with Gasteiger partial charge in [0.25, 0.3) is 0 Å². The molecule has 4 rings (SSSR count). The zero-order chi connectivity index (χ0) is 24.3. The molecule has 0 bridgehead atoms. The molecule has 182 valence electrons. The summed E-state index contributed by atoms with van der Waals surface area (Å²) in [5, 5.41) is 2.88. The number of amides is 2. The Hall–Kier alpha value is -2.98. The van der Waals surface area contributed by atoms with E-state index in [4.69, 9.17) is 4.74 Å². The number of aryl methyl sites for hydroxylation is 1. The molecule has 1 aromatic heterocycles. The highest BCUT2D eigenvalue weighted by Gasteiger charge is 2.29. The molecule has 2 N–H and O–H groups in total. The standard InChI is InChI=1S/C24H30N4O5S/c1-16-9-10-25-23(13-16)27-24(30)19-5-3-18(4-6-19)15-26-34(31,32)20-7-8-22-21(14-20)28(17(2)29)11-12-33-22/h7-10,13-14,18-19,26H,3-6,11-12,15H2,1-2H3,(H,25,27,30). The van der Waals surface area contributed by atoms with Crippen molar-refractivity contribution in [2.45, 2.75) is 44.4 Å². The third kappa shape index (κ3) is 5.56. The third-order valence-electron chi connectivity index (χ3n) is 6.43. The Morgan fingerprint density at radius 3 is 2.62 bits per heavy atom. The van der Waals surface area contributed by atoms with Crippen LogP contribution in [0.5, 0.6) is 5.75 Å². The summed E-state index contributed by atoms with van der Waals surface area (Å²) >= 11 is 0. The predicted molar refractivity (Wildman–Crippen MR) is 128 cm³/mol. The topological polar surface area (TPSA) is 118 Å². The number of carbonyl (C=O) groups excluding carboxylic acids is 2. The first-order valence-electron chi connectivity index (χ1n) is 11.5. The number of sulfonamides is 1. The molecule has 1 saturated carbocycles. The summed E-state index contributed by atoms with van der Waals surface area (Å²) in [5.74, 6) is 0.907. The summed E-state index contributed by atoms with van der Waals surface area (Å²) in [6.07, 6.45) is 4.60. The van der Waals surface area contributed by atoms with Crippen molar-refractivity contribution >= 4 is 33.3 Å². The molecule has 1 aromatic carbocycles. The number of rotatable bonds is 6. The van der Waals surface area contributed by atoms with Crippen LogP contribution in [0.3, 0.4) is 0 Å². The molecule has 2 aliphatic rings. The van der Waals surface area contributed by atoms with Crippen LogP contribution in [0.15, 0.2) is 41.4 Å². The van der Waals surface area contributed by atoms with E-state index < -0.39 is 10.0 Å². The Balaban J connectivity index is 1.31. The molecule has 2 heterocycles. The van der Waals surface area contributed by atoms with E-state index >= 15 is 0 Å². The molecule has 0 spiro atoms. The lowest BCUT2D eigenvalue weighted by molar-refractivity contribution is -0.121. The molecular weight excluding hydrogens is 456 g/mol. The molecule has 1 aliphatic heterocycles. The van der Waals surface area contributed by atoms with Gasteiger partial charge in [0, 0.05) is 25.6 Å². The maximum atomic E-state index is 12.9. The number of aromatic nitrogens is 1. The Morgan fingerprint density at radius 1 is 1.15 bits per heavy atom. The number of nitrogens with zero attached hydrogens (tertiary/aromatic N) is 2. The number of hydrogen-bond acceptors (Lipinski definition) is 6. The van der Waals surface area contributed by atoms with Crippen LogP contribution >= 0.6 is 0 Å². The smallest absolute Gasteiger partial charge is 0.240 e. The molecule has 0 saturated heterocycles. The number of nitrogens with one attached hydrogen (secondary N) is 2. The number of carbonyl (C=O) groups is 2. The van der Waals surface area contributed by atoms with Crippen molar-refractivity contribution in [3.05, 3.63) is 42.1 Å². The van der Waals surface area contributed by atoms with E-state index in [9.17, 15) is 18.0 Å². The Kier molecular flexibility index (Phi) is 7.18. The molecule has 0 atom stereocenters. The van der Waals surface area contributed by atoms with Crippen molar-refractivity contribution in [1.29, 1.82) is 0 Å². The van der Waals surface area contributed by atoms with Crippen molar-refractivity contribution in [1.82, 2.24) is 9.71 Å². The normalized spacial score (nSPS) is 20.2. The maximum absolute atomic E-state index is 12.9. The Morgan fingerprint density at radius 2 is 1.91 bits per heavy atom. The lowest BCUT2D eigenvalue weighted by atomic mass is 9.81. The largest absolute Gasteiger partial charge is 0.490 e. The van der Waals surface area contributed by atoms with Gasteiger partial charge in [-0.2, -0.15) is 0 Å². The van der Waals surface area contributed by atoms with Gasteiger partial charge >= 0.3 is 0 Å². The Labute approximate surface area is 199 Å². The zero-order valence-corrected chi connectivity index (χ0v) is 20.2. The van der Waals surface area contributed by atoms with Gasteiger partial charge in [0.05, 0.1) is 17.1 Å². The zero-order valence-electron chi connectivity index (χ0n) is 19.4. The van der Waals surface area contributed by atoms with E-state index in [-0.39, 0.29) is 28.5 Å². The first-order chi connectivity index (χ1) is 16.2. The number of fused-ring (bicyclic) bond motifs is 1. The van der Waals surface area contributed by atoms with E-state index in [0.717, 1.165) is 18.4 Å². The van der Waals surface area contributed by atoms with E-state index in [1.165, 1.54) is 24.0 Å². The van der Waals surface area contributed by atoms with Gasteiger partial charge in [0.2, 0.25) is 21.8 Å². The van der Waals surface area contributed by atoms with Crippen LogP contribution in [-0.2, 0) is 19.6 Å². The summed E-state index contributed by atoms with van der Waals surface area (Å²) in [6, 6.07) is 8.27. The lowest BCUT2D eigenvalue weighted by Gasteiger charge is -2.29. The number of ether oxygens (including phenoxy) is 1. The van der Waals surface area contributed by atoms with Gasteiger partial charge in [-0.3, -0.25) is 9.59 Å². The van der Waals surface area contributed by atoms with E-state index in [2.05, 4.69) is 15.0 Å². The van der Waals surface area contributed by atoms with Crippen molar-refractivity contribution in [3.63, 3.8) is 0 Å². The van der Waals surface area contributed by atoms with Crippen molar-refractivity contribution < 1.29 is 22.7 Å². The van der Waals surface area contributed by atoms with Crippen molar-refractivity contribution in [2.24, 2.45) is 11.8 Å². The van der Waals surface area contributed by atoms with Gasteiger partial charge in [-0.25, -0.2) is 18.1 Å². The van der Waals surface area contributed by atoms with Gasteiger partial charge < -0.3 is 15.0 Å². The highest BCUT2D eigenvalue weighted by molar-refractivity contribution is 7.89. The highest BCUT2D eigenvalue weighted by Crippen LogP contribution is 2.34. The van der Waals surface area contributed by atoms with E-state index in [1.54, 1.807) is 12.3 Å². The third-order valence-corrected chi connectivity index (χ3v) is 7.85. The van der Waals surface area contributed by atoms with Crippen molar-refractivity contribution in [3.8, 4) is 5.75 Å². The first-order valence-corrected chi connectivity index (χ1v) is 13.0. The van der Waals surface area contributed by atoms with Crippen LogP contribution in [0.4, 0.5) is 11.5 Å². The average molecular weight is 487 g/mol. The van der Waals surface area contributed by atoms with Crippen LogP contribution in [-0.4, -0.2) is 44.9 Å². The molecule has 34 heavy (non-hydrogen) atoms. The van der Waals surface area contributed by atoms with Crippen LogP contribution in [0.1, 0.15) is 38.2 Å². The summed E-state index contributed by atoms with van der Waals surface area (Å²) < 4.78 is 34.1. The van der Waals surface area contributed by atoms with Gasteiger partial charge in [-0.1, -0.05) is 0 Å². The van der Waals surface area contributed by atoms with Gasteiger partial charge in [-0.05, 0) is 74.4 Å². The summed E-state index contributed by atoms with van der Waals surface area (Å²) in [6.45, 7) is 4.46. The van der Waals surface area contributed by atoms with E-state index in [1.807, 2.05) is 19.1 Å².